The maximum absolute atomic E-state index is 13.2. The number of benzene rings is 1. The van der Waals surface area contributed by atoms with Crippen molar-refractivity contribution in [2.24, 2.45) is 0 Å². The van der Waals surface area contributed by atoms with E-state index in [2.05, 4.69) is 26.0 Å². The fourth-order valence-electron chi connectivity index (χ4n) is 7.91. The zero-order valence-electron chi connectivity index (χ0n) is 44.6. The minimum Gasteiger partial charge on any atom is -0.465 e. The topological polar surface area (TPSA) is 176 Å². The molecule has 16 heteroatoms. The van der Waals surface area contributed by atoms with E-state index in [1.807, 2.05) is 25.1 Å². The van der Waals surface area contributed by atoms with Crippen LogP contribution in [0.15, 0.2) is 30.3 Å². The Labute approximate surface area is 440 Å². The van der Waals surface area contributed by atoms with Crippen LogP contribution in [-0.2, 0) is 72.4 Å². The Balaban J connectivity index is 1.73. The summed E-state index contributed by atoms with van der Waals surface area (Å²) in [7, 11) is 3.28. The number of esters is 6. The predicted octanol–water partition coefficient (Wildman–Crippen LogP) is 13.1. The summed E-state index contributed by atoms with van der Waals surface area (Å²) in [5.41, 5.74) is 1.22. The molecule has 72 heavy (non-hydrogen) atoms. The lowest BCUT2D eigenvalue weighted by Crippen LogP contribution is -2.37. The summed E-state index contributed by atoms with van der Waals surface area (Å²) in [6.07, 6.45) is 22.8. The van der Waals surface area contributed by atoms with E-state index in [9.17, 15) is 28.8 Å². The number of hydrogen-bond donors (Lipinski definition) is 0. The molecule has 1 aromatic carbocycles. The SMILES string of the molecule is CCCCCCCCCCCCCC(=O)OC(=O)C(COCCCCOC(=O)C1OC(C)(CC)OC1COC(=O)CCC(=O)OCCSSCc1ccccc1)OC(=O)CCCCCCCCCCCCC. The van der Waals surface area contributed by atoms with Crippen LogP contribution in [0.2, 0.25) is 0 Å². The molecule has 4 atom stereocenters. The number of carbonyl (C=O) groups is 6. The van der Waals surface area contributed by atoms with E-state index < -0.39 is 59.9 Å². The summed E-state index contributed by atoms with van der Waals surface area (Å²) < 4.78 is 44.4. The molecule has 1 aromatic rings. The monoisotopic (exact) mass is 1050 g/mol. The van der Waals surface area contributed by atoms with Gasteiger partial charge >= 0.3 is 35.8 Å². The summed E-state index contributed by atoms with van der Waals surface area (Å²) in [4.78, 5) is 76.5. The minimum atomic E-state index is -1.39. The van der Waals surface area contributed by atoms with Crippen LogP contribution in [0.4, 0.5) is 0 Å². The van der Waals surface area contributed by atoms with Crippen molar-refractivity contribution in [2.75, 3.05) is 38.8 Å². The minimum absolute atomic E-state index is 0.0245. The van der Waals surface area contributed by atoms with Gasteiger partial charge in [0.25, 0.3) is 0 Å². The van der Waals surface area contributed by atoms with Gasteiger partial charge in [-0.2, -0.15) is 0 Å². The molecule has 1 saturated heterocycles. The number of ether oxygens (including phenoxy) is 8. The van der Waals surface area contributed by atoms with Crippen molar-refractivity contribution >= 4 is 57.4 Å². The first kappa shape index (κ1) is 64.9. The Bertz CT molecular complexity index is 1600. The zero-order valence-corrected chi connectivity index (χ0v) is 46.2. The molecule has 1 aliphatic rings. The van der Waals surface area contributed by atoms with Crippen LogP contribution in [0.1, 0.15) is 219 Å². The number of rotatable bonds is 46. The van der Waals surface area contributed by atoms with Crippen molar-refractivity contribution < 1.29 is 66.7 Å². The maximum atomic E-state index is 13.2. The fourth-order valence-corrected chi connectivity index (χ4v) is 9.81. The Morgan fingerprint density at radius 3 is 1.65 bits per heavy atom. The largest absolute Gasteiger partial charge is 0.465 e. The van der Waals surface area contributed by atoms with Crippen molar-refractivity contribution in [3.8, 4) is 0 Å². The molecule has 14 nitrogen and oxygen atoms in total. The second-order valence-corrected chi connectivity index (χ2v) is 21.5. The van der Waals surface area contributed by atoms with Gasteiger partial charge in [-0.05, 0) is 44.6 Å². The first-order valence-corrected chi connectivity index (χ1v) is 30.1. The van der Waals surface area contributed by atoms with Crippen LogP contribution in [0.3, 0.4) is 0 Å². The molecule has 0 radical (unpaired) electrons. The third kappa shape index (κ3) is 33.6. The molecule has 2 rings (SSSR count). The molecule has 1 fully saturated rings. The molecule has 0 N–H and O–H groups in total. The van der Waals surface area contributed by atoms with E-state index >= 15 is 0 Å². The van der Waals surface area contributed by atoms with Gasteiger partial charge < -0.3 is 37.9 Å². The van der Waals surface area contributed by atoms with Gasteiger partial charge in [0, 0.05) is 31.0 Å². The number of unbranched alkanes of at least 4 members (excludes halogenated alkanes) is 21. The highest BCUT2D eigenvalue weighted by molar-refractivity contribution is 8.76. The molecule has 0 bridgehead atoms. The lowest BCUT2D eigenvalue weighted by Gasteiger charge is -2.20. The molecule has 412 valence electrons. The molecule has 0 spiro atoms. The summed E-state index contributed by atoms with van der Waals surface area (Å²) >= 11 is 0. The molecule has 0 aromatic heterocycles. The highest BCUT2D eigenvalue weighted by atomic mass is 33.1. The normalized spacial score (nSPS) is 16.8. The molecule has 1 heterocycles. The molecular weight excluding hydrogens is 961 g/mol. The van der Waals surface area contributed by atoms with E-state index in [1.165, 1.54) is 95.5 Å². The van der Waals surface area contributed by atoms with Crippen molar-refractivity contribution in [3.05, 3.63) is 35.9 Å². The highest BCUT2D eigenvalue weighted by Gasteiger charge is 2.48. The second kappa shape index (κ2) is 43.1. The molecule has 0 amide bonds. The summed E-state index contributed by atoms with van der Waals surface area (Å²) in [6, 6.07) is 10.1. The van der Waals surface area contributed by atoms with Gasteiger partial charge in [-0.3, -0.25) is 19.2 Å². The van der Waals surface area contributed by atoms with Crippen LogP contribution >= 0.6 is 21.6 Å². The lowest BCUT2D eigenvalue weighted by molar-refractivity contribution is -0.179. The Morgan fingerprint density at radius 1 is 0.556 bits per heavy atom. The van der Waals surface area contributed by atoms with E-state index in [0.717, 1.165) is 44.3 Å². The van der Waals surface area contributed by atoms with Crippen LogP contribution in [0, 0.1) is 0 Å². The number of carbonyl (C=O) groups excluding carboxylic acids is 6. The third-order valence-corrected chi connectivity index (χ3v) is 14.7. The van der Waals surface area contributed by atoms with E-state index in [1.54, 1.807) is 28.5 Å². The molecule has 0 aliphatic carbocycles. The van der Waals surface area contributed by atoms with Crippen molar-refractivity contribution in [1.29, 1.82) is 0 Å². The van der Waals surface area contributed by atoms with Gasteiger partial charge in [-0.25, -0.2) is 9.59 Å². The predicted molar refractivity (Wildman–Crippen MR) is 284 cm³/mol. The fraction of sp³-hybridized carbons (Fsp3) is 0.786. The van der Waals surface area contributed by atoms with Gasteiger partial charge in [0.1, 0.15) is 19.3 Å². The van der Waals surface area contributed by atoms with E-state index in [0.29, 0.717) is 37.9 Å². The number of hydrogen-bond acceptors (Lipinski definition) is 16. The van der Waals surface area contributed by atoms with Crippen molar-refractivity contribution in [2.45, 2.75) is 244 Å². The standard InChI is InChI=1S/C56H92O14S2/c1-5-8-10-12-14-16-18-20-22-24-29-35-51(59)67-48(54(61)68-52(60)36-30-25-23-21-19-17-15-13-11-9-6-2)43-63-39-31-32-40-65-55(62)53-47(69-56(4,7-3)70-53)44-66-50(58)38-37-49(57)64-41-42-71-72-45-46-33-27-26-28-34-46/h26-28,33-34,47-48,53H,5-25,29-32,35-45H2,1-4H3. The van der Waals surface area contributed by atoms with Crippen molar-refractivity contribution in [1.82, 2.24) is 0 Å². The van der Waals surface area contributed by atoms with Crippen LogP contribution in [0.25, 0.3) is 0 Å². The maximum Gasteiger partial charge on any atom is 0.357 e. The van der Waals surface area contributed by atoms with Gasteiger partial charge in [-0.15, -0.1) is 0 Å². The average Bonchev–Trinajstić information content (AvgIpc) is 3.73. The van der Waals surface area contributed by atoms with E-state index in [-0.39, 0.29) is 58.7 Å². The Morgan fingerprint density at radius 2 is 1.08 bits per heavy atom. The lowest BCUT2D eigenvalue weighted by atomic mass is 10.1. The summed E-state index contributed by atoms with van der Waals surface area (Å²) in [5.74, 6) is -3.57. The van der Waals surface area contributed by atoms with Crippen LogP contribution in [-0.4, -0.2) is 98.7 Å². The van der Waals surface area contributed by atoms with Gasteiger partial charge in [-0.1, -0.05) is 201 Å². The van der Waals surface area contributed by atoms with Crippen LogP contribution in [0.5, 0.6) is 0 Å². The molecular formula is C56H92O14S2. The van der Waals surface area contributed by atoms with Gasteiger partial charge in [0.2, 0.25) is 6.10 Å². The van der Waals surface area contributed by atoms with Gasteiger partial charge in [0.05, 0.1) is 26.1 Å². The third-order valence-electron chi connectivity index (χ3n) is 12.4. The second-order valence-electron chi connectivity index (χ2n) is 18.9. The highest BCUT2D eigenvalue weighted by Crippen LogP contribution is 2.32. The zero-order chi connectivity index (χ0) is 52.3. The molecule has 1 aliphatic heterocycles. The summed E-state index contributed by atoms with van der Waals surface area (Å²) in [5, 5.41) is 0. The molecule has 4 unspecified atom stereocenters. The molecule has 0 saturated carbocycles. The Hall–Kier alpha value is -3.18. The smallest absolute Gasteiger partial charge is 0.357 e. The van der Waals surface area contributed by atoms with Gasteiger partial charge in [0.15, 0.2) is 11.9 Å². The van der Waals surface area contributed by atoms with Crippen LogP contribution < -0.4 is 0 Å². The Kier molecular flexibility index (Phi) is 38.9. The quantitative estimate of drug-likeness (QED) is 0.0198. The van der Waals surface area contributed by atoms with E-state index in [4.69, 9.17) is 37.9 Å². The first-order valence-electron chi connectivity index (χ1n) is 27.6. The summed E-state index contributed by atoms with van der Waals surface area (Å²) in [6.45, 7) is 7.82. The first-order chi connectivity index (χ1) is 35.0. The van der Waals surface area contributed by atoms with Crippen molar-refractivity contribution in [3.63, 3.8) is 0 Å². The average molecular weight is 1050 g/mol.